The SMILES string of the molecule is C[C@@H]1CN(S(=O)(=O)N(C)Cc2ccco2)C[C@@H](C)O1. The summed E-state index contributed by atoms with van der Waals surface area (Å²) < 4.78 is 38.4. The molecule has 0 aromatic carbocycles. The van der Waals surface area contributed by atoms with E-state index in [4.69, 9.17) is 9.15 Å². The van der Waals surface area contributed by atoms with Crippen LogP contribution >= 0.6 is 0 Å². The molecule has 7 heteroatoms. The second kappa shape index (κ2) is 5.62. The third-order valence-corrected chi connectivity index (χ3v) is 4.93. The summed E-state index contributed by atoms with van der Waals surface area (Å²) in [5, 5.41) is 0. The van der Waals surface area contributed by atoms with Crippen LogP contribution in [0.2, 0.25) is 0 Å². The quantitative estimate of drug-likeness (QED) is 0.831. The maximum absolute atomic E-state index is 12.5. The van der Waals surface area contributed by atoms with Gasteiger partial charge in [0.25, 0.3) is 10.2 Å². The molecular weight excluding hydrogens is 268 g/mol. The zero-order valence-corrected chi connectivity index (χ0v) is 12.3. The van der Waals surface area contributed by atoms with Gasteiger partial charge in [-0.3, -0.25) is 0 Å². The first kappa shape index (κ1) is 14.5. The first-order valence-electron chi connectivity index (χ1n) is 6.29. The number of nitrogens with zero attached hydrogens (tertiary/aromatic N) is 2. The molecule has 0 bridgehead atoms. The van der Waals surface area contributed by atoms with Crippen molar-refractivity contribution in [2.75, 3.05) is 20.1 Å². The number of morpholine rings is 1. The molecule has 1 saturated heterocycles. The number of hydrogen-bond acceptors (Lipinski definition) is 4. The van der Waals surface area contributed by atoms with E-state index < -0.39 is 10.2 Å². The Bertz CT molecular complexity index is 490. The van der Waals surface area contributed by atoms with E-state index in [0.717, 1.165) is 0 Å². The highest BCUT2D eigenvalue weighted by molar-refractivity contribution is 7.86. The minimum Gasteiger partial charge on any atom is -0.468 e. The third-order valence-electron chi connectivity index (χ3n) is 3.06. The lowest BCUT2D eigenvalue weighted by molar-refractivity contribution is -0.0453. The average molecular weight is 288 g/mol. The smallest absolute Gasteiger partial charge is 0.282 e. The van der Waals surface area contributed by atoms with E-state index in [9.17, 15) is 8.42 Å². The van der Waals surface area contributed by atoms with E-state index in [1.165, 1.54) is 14.9 Å². The molecule has 1 fully saturated rings. The Hall–Kier alpha value is -0.890. The average Bonchev–Trinajstić information content (AvgIpc) is 2.80. The lowest BCUT2D eigenvalue weighted by Crippen LogP contribution is -2.52. The van der Waals surface area contributed by atoms with Crippen LogP contribution in [0, 0.1) is 0 Å². The molecule has 0 saturated carbocycles. The van der Waals surface area contributed by atoms with Gasteiger partial charge in [0, 0.05) is 20.1 Å². The maximum Gasteiger partial charge on any atom is 0.282 e. The van der Waals surface area contributed by atoms with Gasteiger partial charge >= 0.3 is 0 Å². The van der Waals surface area contributed by atoms with Gasteiger partial charge in [0.15, 0.2) is 0 Å². The molecule has 1 aromatic heterocycles. The number of ether oxygens (including phenoxy) is 1. The van der Waals surface area contributed by atoms with Crippen molar-refractivity contribution >= 4 is 10.2 Å². The first-order valence-corrected chi connectivity index (χ1v) is 7.68. The van der Waals surface area contributed by atoms with Gasteiger partial charge in [-0.05, 0) is 26.0 Å². The predicted molar refractivity (Wildman–Crippen MR) is 70.7 cm³/mol. The second-order valence-corrected chi connectivity index (χ2v) is 6.95. The fourth-order valence-corrected chi connectivity index (χ4v) is 3.70. The van der Waals surface area contributed by atoms with E-state index in [1.807, 2.05) is 13.8 Å². The van der Waals surface area contributed by atoms with E-state index in [1.54, 1.807) is 19.2 Å². The number of hydrogen-bond donors (Lipinski definition) is 0. The summed E-state index contributed by atoms with van der Waals surface area (Å²) >= 11 is 0. The van der Waals surface area contributed by atoms with Gasteiger partial charge in [0.1, 0.15) is 5.76 Å². The zero-order chi connectivity index (χ0) is 14.0. The largest absolute Gasteiger partial charge is 0.468 e. The molecule has 0 spiro atoms. The van der Waals surface area contributed by atoms with E-state index in [2.05, 4.69) is 0 Å². The molecule has 0 unspecified atom stereocenters. The van der Waals surface area contributed by atoms with Crippen molar-refractivity contribution in [2.45, 2.75) is 32.6 Å². The Kier molecular flexibility index (Phi) is 4.29. The molecule has 0 amide bonds. The topological polar surface area (TPSA) is 63.0 Å². The van der Waals surface area contributed by atoms with E-state index in [0.29, 0.717) is 18.8 Å². The Balaban J connectivity index is 2.08. The number of rotatable bonds is 4. The highest BCUT2D eigenvalue weighted by Crippen LogP contribution is 2.18. The Morgan fingerprint density at radius 3 is 2.53 bits per heavy atom. The zero-order valence-electron chi connectivity index (χ0n) is 11.4. The fourth-order valence-electron chi connectivity index (χ4n) is 2.22. The van der Waals surface area contributed by atoms with Crippen LogP contribution in [0.1, 0.15) is 19.6 Å². The molecule has 2 rings (SSSR count). The normalized spacial score (nSPS) is 25.9. The van der Waals surface area contributed by atoms with Gasteiger partial charge in [0.05, 0.1) is 25.0 Å². The minimum atomic E-state index is -3.48. The summed E-state index contributed by atoms with van der Waals surface area (Å²) in [7, 11) is -1.92. The molecule has 1 aromatic rings. The van der Waals surface area contributed by atoms with Crippen LogP contribution in [0.25, 0.3) is 0 Å². The van der Waals surface area contributed by atoms with Crippen LogP contribution in [0.3, 0.4) is 0 Å². The molecule has 19 heavy (non-hydrogen) atoms. The fraction of sp³-hybridized carbons (Fsp3) is 0.667. The summed E-state index contributed by atoms with van der Waals surface area (Å²) in [5.74, 6) is 0.625. The molecule has 6 nitrogen and oxygen atoms in total. The van der Waals surface area contributed by atoms with Crippen LogP contribution in [-0.4, -0.2) is 49.4 Å². The lowest BCUT2D eigenvalue weighted by atomic mass is 10.3. The molecule has 0 radical (unpaired) electrons. The monoisotopic (exact) mass is 288 g/mol. The van der Waals surface area contributed by atoms with Gasteiger partial charge in [0.2, 0.25) is 0 Å². The number of furan rings is 1. The molecule has 1 aliphatic heterocycles. The second-order valence-electron chi connectivity index (χ2n) is 4.92. The van der Waals surface area contributed by atoms with Crippen molar-refractivity contribution in [3.63, 3.8) is 0 Å². The summed E-state index contributed by atoms with van der Waals surface area (Å²) in [5.41, 5.74) is 0. The van der Waals surface area contributed by atoms with Crippen molar-refractivity contribution < 1.29 is 17.6 Å². The Morgan fingerprint density at radius 1 is 1.37 bits per heavy atom. The third kappa shape index (κ3) is 3.36. The van der Waals surface area contributed by atoms with Crippen molar-refractivity contribution in [3.05, 3.63) is 24.2 Å². The van der Waals surface area contributed by atoms with Crippen LogP contribution < -0.4 is 0 Å². The first-order chi connectivity index (χ1) is 8.89. The van der Waals surface area contributed by atoms with Crippen LogP contribution in [0.5, 0.6) is 0 Å². The highest BCUT2D eigenvalue weighted by Gasteiger charge is 2.33. The predicted octanol–water partition coefficient (Wildman–Crippen LogP) is 1.07. The van der Waals surface area contributed by atoms with Crippen molar-refractivity contribution in [3.8, 4) is 0 Å². The van der Waals surface area contributed by atoms with Crippen molar-refractivity contribution in [1.82, 2.24) is 8.61 Å². The molecule has 0 aliphatic carbocycles. The molecular formula is C12H20N2O4S. The van der Waals surface area contributed by atoms with E-state index >= 15 is 0 Å². The lowest BCUT2D eigenvalue weighted by Gasteiger charge is -2.36. The summed E-state index contributed by atoms with van der Waals surface area (Å²) in [6, 6.07) is 3.51. The minimum absolute atomic E-state index is 0.0875. The molecule has 0 N–H and O–H groups in total. The molecule has 2 atom stereocenters. The van der Waals surface area contributed by atoms with Crippen molar-refractivity contribution in [2.24, 2.45) is 0 Å². The van der Waals surface area contributed by atoms with Crippen LogP contribution in [0.15, 0.2) is 22.8 Å². The van der Waals surface area contributed by atoms with Gasteiger partial charge in [-0.15, -0.1) is 0 Å². The Morgan fingerprint density at radius 2 is 2.00 bits per heavy atom. The standard InChI is InChI=1S/C12H20N2O4S/c1-10-7-14(8-11(2)18-10)19(15,16)13(3)9-12-5-4-6-17-12/h4-6,10-11H,7-9H2,1-3H3/t10-,11-/m1/s1. The van der Waals surface area contributed by atoms with Gasteiger partial charge in [-0.25, -0.2) is 0 Å². The summed E-state index contributed by atoms with van der Waals surface area (Å²) in [6.45, 7) is 4.76. The van der Waals surface area contributed by atoms with Crippen molar-refractivity contribution in [1.29, 1.82) is 0 Å². The summed E-state index contributed by atoms with van der Waals surface area (Å²) in [6.07, 6.45) is 1.36. The van der Waals surface area contributed by atoms with E-state index in [-0.39, 0.29) is 18.8 Å². The molecule has 1 aliphatic rings. The van der Waals surface area contributed by atoms with Gasteiger partial charge < -0.3 is 9.15 Å². The highest BCUT2D eigenvalue weighted by atomic mass is 32.2. The maximum atomic E-state index is 12.5. The van der Waals surface area contributed by atoms with Gasteiger partial charge in [-0.2, -0.15) is 17.0 Å². The van der Waals surface area contributed by atoms with Crippen LogP contribution in [0.4, 0.5) is 0 Å². The summed E-state index contributed by atoms with van der Waals surface area (Å²) in [4.78, 5) is 0. The molecule has 2 heterocycles. The Labute approximate surface area is 114 Å². The van der Waals surface area contributed by atoms with Gasteiger partial charge in [-0.1, -0.05) is 0 Å². The molecule has 108 valence electrons. The van der Waals surface area contributed by atoms with Crippen LogP contribution in [-0.2, 0) is 21.5 Å².